The highest BCUT2D eigenvalue weighted by atomic mass is 35.5. The lowest BCUT2D eigenvalue weighted by molar-refractivity contribution is 0.112. The van der Waals surface area contributed by atoms with E-state index in [2.05, 4.69) is 0 Å². The lowest BCUT2D eigenvalue weighted by Gasteiger charge is -2.20. The van der Waals surface area contributed by atoms with Crippen molar-refractivity contribution in [2.45, 2.75) is 11.8 Å². The minimum Gasteiger partial charge on any atom is -0.298 e. The van der Waals surface area contributed by atoms with Crippen molar-refractivity contribution in [2.75, 3.05) is 10.8 Å². The van der Waals surface area contributed by atoms with Crippen LogP contribution in [0.5, 0.6) is 0 Å². The van der Waals surface area contributed by atoms with Crippen molar-refractivity contribution < 1.29 is 13.2 Å². The molecule has 0 fully saturated rings. The molecule has 0 spiro atoms. The molecular formula is C29H22ClNO3S. The number of nitrogens with zero attached hydrogens (tertiary/aromatic N) is 1. The van der Waals surface area contributed by atoms with Crippen LogP contribution in [0.3, 0.4) is 0 Å². The number of rotatable bonds is 5. The number of carbonyl (C=O) groups excluding carboxylic acids is 1. The number of sulfonamides is 1. The third-order valence-electron chi connectivity index (χ3n) is 6.20. The molecule has 4 aromatic rings. The Kier molecular flexibility index (Phi) is 6.05. The fraction of sp³-hybridized carbons (Fsp3) is 0.0690. The lowest BCUT2D eigenvalue weighted by Crippen LogP contribution is -2.29. The van der Waals surface area contributed by atoms with E-state index in [4.69, 9.17) is 11.6 Å². The predicted octanol–water partition coefficient (Wildman–Crippen LogP) is 6.63. The molecule has 5 rings (SSSR count). The molecule has 1 heterocycles. The van der Waals surface area contributed by atoms with Crippen molar-refractivity contribution in [1.29, 1.82) is 0 Å². The first-order valence-corrected chi connectivity index (χ1v) is 12.9. The highest BCUT2D eigenvalue weighted by Gasteiger charge is 2.35. The topological polar surface area (TPSA) is 54.5 Å². The van der Waals surface area contributed by atoms with E-state index in [9.17, 15) is 13.2 Å². The van der Waals surface area contributed by atoms with Gasteiger partial charge in [-0.05, 0) is 59.5 Å². The number of aryl methyl sites for hydroxylation is 1. The first-order chi connectivity index (χ1) is 16.9. The van der Waals surface area contributed by atoms with Crippen LogP contribution in [0.1, 0.15) is 32.6 Å². The number of hydrogen-bond acceptors (Lipinski definition) is 3. The zero-order valence-corrected chi connectivity index (χ0v) is 20.6. The van der Waals surface area contributed by atoms with Gasteiger partial charge in [-0.15, -0.1) is 0 Å². The summed E-state index contributed by atoms with van der Waals surface area (Å²) in [7, 11) is -3.81. The van der Waals surface area contributed by atoms with Gasteiger partial charge in [0.2, 0.25) is 0 Å². The Bertz CT molecular complexity index is 1560. The van der Waals surface area contributed by atoms with Crippen LogP contribution >= 0.6 is 11.6 Å². The van der Waals surface area contributed by atoms with Gasteiger partial charge in [0.1, 0.15) is 0 Å². The van der Waals surface area contributed by atoms with Crippen LogP contribution in [0.25, 0.3) is 11.1 Å². The molecule has 0 radical (unpaired) electrons. The van der Waals surface area contributed by atoms with Gasteiger partial charge in [-0.3, -0.25) is 9.10 Å². The molecule has 0 atom stereocenters. The van der Waals surface area contributed by atoms with Crippen LogP contribution in [0, 0.1) is 6.92 Å². The second-order valence-corrected chi connectivity index (χ2v) is 10.7. The van der Waals surface area contributed by atoms with Gasteiger partial charge < -0.3 is 0 Å². The van der Waals surface area contributed by atoms with Gasteiger partial charge in [0.25, 0.3) is 10.0 Å². The van der Waals surface area contributed by atoms with Crippen LogP contribution in [-0.2, 0) is 10.0 Å². The molecule has 1 aliphatic rings. The van der Waals surface area contributed by atoms with Crippen molar-refractivity contribution in [3.05, 3.63) is 130 Å². The van der Waals surface area contributed by atoms with Crippen molar-refractivity contribution in [2.24, 2.45) is 0 Å². The van der Waals surface area contributed by atoms with Crippen LogP contribution in [0.2, 0.25) is 5.02 Å². The normalized spacial score (nSPS) is 14.5. The van der Waals surface area contributed by atoms with Crippen LogP contribution in [0.4, 0.5) is 5.69 Å². The number of halogens is 1. The third kappa shape index (κ3) is 4.18. The lowest BCUT2D eigenvalue weighted by atomic mass is 9.88. The van der Waals surface area contributed by atoms with Crippen LogP contribution in [0.15, 0.2) is 102 Å². The molecule has 4 nitrogen and oxygen atoms in total. The Hall–Kier alpha value is -3.67. The monoisotopic (exact) mass is 499 g/mol. The van der Waals surface area contributed by atoms with Gasteiger partial charge in [-0.2, -0.15) is 0 Å². The summed E-state index contributed by atoms with van der Waals surface area (Å²) >= 11 is 6.16. The van der Waals surface area contributed by atoms with Gasteiger partial charge in [0.15, 0.2) is 6.29 Å². The summed E-state index contributed by atoms with van der Waals surface area (Å²) < 4.78 is 28.9. The summed E-state index contributed by atoms with van der Waals surface area (Å²) in [6, 6.07) is 29.1. The maximum Gasteiger partial charge on any atom is 0.264 e. The minimum absolute atomic E-state index is 0.140. The molecule has 0 saturated heterocycles. The summed E-state index contributed by atoms with van der Waals surface area (Å²) in [5.41, 5.74) is 6.16. The molecule has 0 aromatic heterocycles. The Labute approximate surface area is 210 Å². The first kappa shape index (κ1) is 23.1. The standard InChI is InChI=1S/C29H22ClNO3S/c1-20-10-16-24(17-11-20)35(33,34)31-18-27(26-8-4-5-9-28(26)31)29(21-12-14-23(30)15-13-21)25-7-3-2-6-22(25)19-32/h2-17,19H,18H2,1H3/b29-27+. The molecule has 0 unspecified atom stereocenters. The molecule has 4 aromatic carbocycles. The average molecular weight is 500 g/mol. The fourth-order valence-corrected chi connectivity index (χ4v) is 6.04. The second-order valence-electron chi connectivity index (χ2n) is 8.41. The van der Waals surface area contributed by atoms with Gasteiger partial charge in [-0.1, -0.05) is 83.9 Å². The summed E-state index contributed by atoms with van der Waals surface area (Å²) in [6.07, 6.45) is 0.827. The van der Waals surface area contributed by atoms with E-state index in [0.29, 0.717) is 16.3 Å². The largest absolute Gasteiger partial charge is 0.298 e. The van der Waals surface area contributed by atoms with Gasteiger partial charge in [0, 0.05) is 16.1 Å². The summed E-state index contributed by atoms with van der Waals surface area (Å²) in [6.45, 7) is 2.06. The van der Waals surface area contributed by atoms with E-state index in [1.165, 1.54) is 4.31 Å². The number of hydrogen-bond donors (Lipinski definition) is 0. The molecule has 1 aliphatic heterocycles. The molecule has 0 N–H and O–H groups in total. The zero-order chi connectivity index (χ0) is 24.6. The van der Waals surface area contributed by atoms with Crippen molar-refractivity contribution in [1.82, 2.24) is 0 Å². The number of anilines is 1. The van der Waals surface area contributed by atoms with E-state index in [0.717, 1.165) is 39.7 Å². The van der Waals surface area contributed by atoms with Crippen molar-refractivity contribution in [3.8, 4) is 0 Å². The SMILES string of the molecule is Cc1ccc(S(=O)(=O)N2C/C(=C(/c3ccc(Cl)cc3)c3ccccc3C=O)c3ccccc32)cc1. The summed E-state index contributed by atoms with van der Waals surface area (Å²) in [5, 5.41) is 0.595. The highest BCUT2D eigenvalue weighted by molar-refractivity contribution is 7.92. The molecule has 0 bridgehead atoms. The number of fused-ring (bicyclic) bond motifs is 1. The smallest absolute Gasteiger partial charge is 0.264 e. The van der Waals surface area contributed by atoms with Crippen molar-refractivity contribution >= 4 is 44.7 Å². The first-order valence-electron chi connectivity index (χ1n) is 11.1. The molecular weight excluding hydrogens is 478 g/mol. The maximum atomic E-state index is 13.7. The molecule has 174 valence electrons. The maximum absolute atomic E-state index is 13.7. The number of carbonyl (C=O) groups is 1. The number of aldehydes is 1. The van der Waals surface area contributed by atoms with E-state index in [1.807, 2.05) is 61.5 Å². The molecule has 35 heavy (non-hydrogen) atoms. The second kappa shape index (κ2) is 9.17. The van der Waals surface area contributed by atoms with Gasteiger partial charge in [-0.25, -0.2) is 8.42 Å². The van der Waals surface area contributed by atoms with Gasteiger partial charge >= 0.3 is 0 Å². The van der Waals surface area contributed by atoms with Crippen LogP contribution < -0.4 is 4.31 Å². The average Bonchev–Trinajstić information content (AvgIpc) is 3.26. The van der Waals surface area contributed by atoms with E-state index in [1.54, 1.807) is 42.5 Å². The molecule has 0 amide bonds. The van der Waals surface area contributed by atoms with E-state index < -0.39 is 10.0 Å². The highest BCUT2D eigenvalue weighted by Crippen LogP contribution is 2.44. The van der Waals surface area contributed by atoms with Gasteiger partial charge in [0.05, 0.1) is 17.1 Å². The fourth-order valence-electron chi connectivity index (χ4n) is 4.46. The Morgan fingerprint density at radius 2 is 1.51 bits per heavy atom. The minimum atomic E-state index is -3.81. The zero-order valence-electron chi connectivity index (χ0n) is 19.0. The third-order valence-corrected chi connectivity index (χ3v) is 8.23. The number of benzene rings is 4. The predicted molar refractivity (Wildman–Crippen MR) is 141 cm³/mol. The van der Waals surface area contributed by atoms with Crippen LogP contribution in [-0.4, -0.2) is 21.2 Å². The Morgan fingerprint density at radius 3 is 2.23 bits per heavy atom. The molecule has 0 saturated carbocycles. The van der Waals surface area contributed by atoms with E-state index in [-0.39, 0.29) is 11.4 Å². The Morgan fingerprint density at radius 1 is 0.857 bits per heavy atom. The molecule has 6 heteroatoms. The quantitative estimate of drug-likeness (QED) is 0.290. The van der Waals surface area contributed by atoms with Crippen molar-refractivity contribution in [3.63, 3.8) is 0 Å². The molecule has 0 aliphatic carbocycles. The summed E-state index contributed by atoms with van der Waals surface area (Å²) in [4.78, 5) is 12.2. The van der Waals surface area contributed by atoms with E-state index >= 15 is 0 Å². The summed E-state index contributed by atoms with van der Waals surface area (Å²) in [5.74, 6) is 0. The Balaban J connectivity index is 1.77. The number of para-hydroxylation sites is 1.